The summed E-state index contributed by atoms with van der Waals surface area (Å²) in [6.45, 7) is 1.08. The normalized spacial score (nSPS) is 18.8. The average molecular weight is 536 g/mol. The predicted octanol–water partition coefficient (Wildman–Crippen LogP) is 1.91. The van der Waals surface area contributed by atoms with Crippen LogP contribution in [0, 0.1) is 17.8 Å². The second kappa shape index (κ2) is 14.3. The Morgan fingerprint density at radius 3 is 2.79 bits per heavy atom. The summed E-state index contributed by atoms with van der Waals surface area (Å²) in [5.41, 5.74) is 8.34. The van der Waals surface area contributed by atoms with E-state index in [1.54, 1.807) is 24.1 Å². The van der Waals surface area contributed by atoms with Gasteiger partial charge in [-0.05, 0) is 61.5 Å². The number of amides is 2. The lowest BCUT2D eigenvalue weighted by Gasteiger charge is -2.26. The van der Waals surface area contributed by atoms with E-state index in [4.69, 9.17) is 10.5 Å². The highest BCUT2D eigenvalue weighted by molar-refractivity contribution is 5.98. The van der Waals surface area contributed by atoms with Crippen molar-refractivity contribution in [3.05, 3.63) is 70.9 Å². The highest BCUT2D eigenvalue weighted by atomic mass is 19.1. The largest absolute Gasteiger partial charge is 0.404 e. The van der Waals surface area contributed by atoms with Crippen molar-refractivity contribution in [2.75, 3.05) is 32.2 Å². The summed E-state index contributed by atoms with van der Waals surface area (Å²) >= 11 is 0. The molecular weight excluding hydrogens is 501 g/mol. The summed E-state index contributed by atoms with van der Waals surface area (Å²) in [6.07, 6.45) is 6.08. The molecule has 1 fully saturated rings. The Morgan fingerprint density at radius 2 is 2.13 bits per heavy atom. The molecule has 10 heteroatoms. The standard InChI is InChI=1S/C19H24N2O3.C10H10FN3O/c1-20-16-6-5-15-4-3-14(13-17(15)21(2)18(16)22)7-8-19(23)9-11-24-12-10-19;11-10-3-1-2-9(14-10)4-8(5-12)6-13-7-15/h3-4,13,16,20,23H,5-6,9-12H2,1-2H3;1-3,5-7H,4,12H2/b;8-5-,13-6?. The number of fused-ring (bicyclic) bond motifs is 1. The number of hydrogen-bond acceptors (Lipinski definition) is 7. The molecule has 2 aliphatic heterocycles. The molecule has 2 aromatic rings. The number of ether oxygens (including phenoxy) is 1. The Balaban J connectivity index is 0.000000242. The maximum atomic E-state index is 12.7. The predicted molar refractivity (Wildman–Crippen MR) is 148 cm³/mol. The first-order valence-corrected chi connectivity index (χ1v) is 12.7. The number of aromatic nitrogens is 1. The summed E-state index contributed by atoms with van der Waals surface area (Å²) in [5, 5.41) is 13.5. The summed E-state index contributed by atoms with van der Waals surface area (Å²) in [4.78, 5) is 31.2. The summed E-state index contributed by atoms with van der Waals surface area (Å²) in [5.74, 6) is 5.60. The third kappa shape index (κ3) is 8.55. The van der Waals surface area contributed by atoms with Gasteiger partial charge in [-0.25, -0.2) is 9.98 Å². The van der Waals surface area contributed by atoms with Crippen molar-refractivity contribution in [3.8, 4) is 11.8 Å². The summed E-state index contributed by atoms with van der Waals surface area (Å²) in [7, 11) is 3.62. The Bertz CT molecular complexity index is 1280. The SMILES string of the molecule is CNC1CCc2ccc(C#CC3(O)CCOCC3)cc2N(C)C1=O.N/C=C(\C=NC=O)Cc1cccc(F)n1. The van der Waals surface area contributed by atoms with Gasteiger partial charge in [0.05, 0.1) is 19.3 Å². The molecule has 4 rings (SSSR count). The van der Waals surface area contributed by atoms with Crippen LogP contribution in [0.25, 0.3) is 0 Å². The molecule has 0 spiro atoms. The minimum atomic E-state index is -0.968. The average Bonchev–Trinajstić information content (AvgIpc) is 3.06. The Labute approximate surface area is 228 Å². The number of nitrogens with one attached hydrogen (secondary N) is 1. The van der Waals surface area contributed by atoms with Crippen LogP contribution in [0.15, 0.2) is 53.2 Å². The molecule has 39 heavy (non-hydrogen) atoms. The van der Waals surface area contributed by atoms with Crippen LogP contribution in [0.2, 0.25) is 0 Å². The number of nitrogens with two attached hydrogens (primary N) is 1. The molecule has 2 aliphatic rings. The number of aryl methyl sites for hydroxylation is 1. The van der Waals surface area contributed by atoms with Gasteiger partial charge in [0.2, 0.25) is 18.3 Å². The molecule has 2 amide bonds. The first-order chi connectivity index (χ1) is 18.8. The van der Waals surface area contributed by atoms with Gasteiger partial charge in [0.25, 0.3) is 0 Å². The van der Waals surface area contributed by atoms with E-state index >= 15 is 0 Å². The number of carbonyl (C=O) groups excluding carboxylic acids is 2. The summed E-state index contributed by atoms with van der Waals surface area (Å²) in [6, 6.07) is 10.3. The van der Waals surface area contributed by atoms with Crippen molar-refractivity contribution in [2.45, 2.75) is 43.7 Å². The number of benzene rings is 1. The Morgan fingerprint density at radius 1 is 1.36 bits per heavy atom. The van der Waals surface area contributed by atoms with E-state index in [2.05, 4.69) is 27.1 Å². The third-order valence-electron chi connectivity index (χ3n) is 6.56. The minimum Gasteiger partial charge on any atom is -0.404 e. The fraction of sp³-hybridized carbons (Fsp3) is 0.379. The number of aliphatic hydroxyl groups is 1. The van der Waals surface area contributed by atoms with E-state index in [1.165, 1.54) is 18.5 Å². The fourth-order valence-corrected chi connectivity index (χ4v) is 4.26. The van der Waals surface area contributed by atoms with Crippen molar-refractivity contribution in [2.24, 2.45) is 10.7 Å². The molecule has 4 N–H and O–H groups in total. The highest BCUT2D eigenvalue weighted by Gasteiger charge is 2.28. The molecule has 1 saturated heterocycles. The molecule has 0 bridgehead atoms. The van der Waals surface area contributed by atoms with Crippen molar-refractivity contribution in [1.29, 1.82) is 0 Å². The van der Waals surface area contributed by atoms with Gasteiger partial charge in [-0.3, -0.25) is 9.59 Å². The van der Waals surface area contributed by atoms with Gasteiger partial charge in [0.1, 0.15) is 5.60 Å². The van der Waals surface area contributed by atoms with Crippen LogP contribution in [0.5, 0.6) is 0 Å². The Kier molecular flexibility index (Phi) is 10.9. The number of rotatable bonds is 5. The van der Waals surface area contributed by atoms with E-state index < -0.39 is 11.5 Å². The van der Waals surface area contributed by atoms with Crippen LogP contribution in [0.3, 0.4) is 0 Å². The molecule has 1 unspecified atom stereocenters. The first kappa shape index (κ1) is 29.6. The molecule has 1 atom stereocenters. The number of likely N-dealkylation sites (N-methyl/N-ethyl adjacent to an activating group) is 2. The zero-order chi connectivity index (χ0) is 28.3. The zero-order valence-electron chi connectivity index (χ0n) is 22.2. The molecule has 0 saturated carbocycles. The van der Waals surface area contributed by atoms with E-state index in [-0.39, 0.29) is 11.9 Å². The van der Waals surface area contributed by atoms with Gasteiger partial charge in [-0.2, -0.15) is 4.39 Å². The van der Waals surface area contributed by atoms with Gasteiger partial charge in [0.15, 0.2) is 0 Å². The van der Waals surface area contributed by atoms with Crippen LogP contribution in [-0.2, 0) is 27.2 Å². The number of carbonyl (C=O) groups is 2. The van der Waals surface area contributed by atoms with E-state index in [9.17, 15) is 19.1 Å². The van der Waals surface area contributed by atoms with Crippen molar-refractivity contribution in [1.82, 2.24) is 10.3 Å². The monoisotopic (exact) mass is 535 g/mol. The van der Waals surface area contributed by atoms with Crippen LogP contribution >= 0.6 is 0 Å². The zero-order valence-corrected chi connectivity index (χ0v) is 22.2. The summed E-state index contributed by atoms with van der Waals surface area (Å²) < 4.78 is 18.0. The van der Waals surface area contributed by atoms with Crippen molar-refractivity contribution < 1.29 is 23.8 Å². The first-order valence-electron chi connectivity index (χ1n) is 12.7. The lowest BCUT2D eigenvalue weighted by Crippen LogP contribution is -2.42. The molecular formula is C29H34FN5O4. The quantitative estimate of drug-likeness (QED) is 0.231. The maximum Gasteiger partial charge on any atom is 0.243 e. The van der Waals surface area contributed by atoms with E-state index in [0.29, 0.717) is 50.2 Å². The molecule has 206 valence electrons. The van der Waals surface area contributed by atoms with Gasteiger partial charge >= 0.3 is 0 Å². The molecule has 1 aromatic heterocycles. The number of nitrogens with zero attached hydrogens (tertiary/aromatic N) is 3. The lowest BCUT2D eigenvalue weighted by molar-refractivity contribution is -0.120. The van der Waals surface area contributed by atoms with Gasteiger partial charge < -0.3 is 25.8 Å². The van der Waals surface area contributed by atoms with Crippen LogP contribution < -0.4 is 16.0 Å². The fourth-order valence-electron chi connectivity index (χ4n) is 4.26. The van der Waals surface area contributed by atoms with Crippen LogP contribution in [0.1, 0.15) is 36.1 Å². The minimum absolute atomic E-state index is 0.0735. The topological polar surface area (TPSA) is 130 Å². The second-order valence-corrected chi connectivity index (χ2v) is 9.27. The number of aliphatic imine (C=N–C) groups is 1. The second-order valence-electron chi connectivity index (χ2n) is 9.27. The van der Waals surface area contributed by atoms with Crippen LogP contribution in [0.4, 0.5) is 10.1 Å². The number of hydrogen-bond donors (Lipinski definition) is 3. The van der Waals surface area contributed by atoms with E-state index in [0.717, 1.165) is 29.7 Å². The highest BCUT2D eigenvalue weighted by Crippen LogP contribution is 2.27. The molecule has 3 heterocycles. The molecule has 1 aromatic carbocycles. The number of allylic oxidation sites excluding steroid dienone is 1. The molecule has 0 radical (unpaired) electrons. The lowest BCUT2D eigenvalue weighted by atomic mass is 9.94. The number of halogens is 1. The smallest absolute Gasteiger partial charge is 0.243 e. The molecule has 0 aliphatic carbocycles. The maximum absolute atomic E-state index is 12.7. The van der Waals surface area contributed by atoms with Gasteiger partial charge in [0, 0.05) is 49.5 Å². The van der Waals surface area contributed by atoms with E-state index in [1.807, 2.05) is 25.2 Å². The number of pyridine rings is 1. The third-order valence-corrected chi connectivity index (χ3v) is 6.56. The van der Waals surface area contributed by atoms with Gasteiger partial charge in [-0.1, -0.05) is 24.0 Å². The van der Waals surface area contributed by atoms with Crippen molar-refractivity contribution in [3.63, 3.8) is 0 Å². The van der Waals surface area contributed by atoms with Crippen LogP contribution in [-0.4, -0.2) is 67.6 Å². The number of anilines is 1. The Hall–Kier alpha value is -3.91. The molecule has 9 nitrogen and oxygen atoms in total. The van der Waals surface area contributed by atoms with Gasteiger partial charge in [-0.15, -0.1) is 0 Å². The van der Waals surface area contributed by atoms with Crippen molar-refractivity contribution >= 4 is 24.2 Å².